The van der Waals surface area contributed by atoms with E-state index >= 15 is 0 Å². The van der Waals surface area contributed by atoms with Gasteiger partial charge in [-0.25, -0.2) is 0 Å². The van der Waals surface area contributed by atoms with Crippen LogP contribution in [0, 0.1) is 17.8 Å². The fourth-order valence-electron chi connectivity index (χ4n) is 5.25. The fourth-order valence-corrected chi connectivity index (χ4v) is 5.25. The molecule has 3 nitrogen and oxygen atoms in total. The van der Waals surface area contributed by atoms with E-state index < -0.39 is 0 Å². The Morgan fingerprint density at radius 2 is 1.08 bits per heavy atom. The highest BCUT2D eigenvalue weighted by atomic mass is 15.3. The summed E-state index contributed by atoms with van der Waals surface area (Å²) >= 11 is 0. The number of likely N-dealkylation sites (tertiary alicyclic amines) is 3. The molecule has 0 amide bonds. The minimum Gasteiger partial charge on any atom is -0.303 e. The molecule has 3 saturated heterocycles. The van der Waals surface area contributed by atoms with E-state index in [9.17, 15) is 0 Å². The van der Waals surface area contributed by atoms with Gasteiger partial charge in [-0.15, -0.1) is 0 Å². The van der Waals surface area contributed by atoms with E-state index in [1.165, 1.54) is 71.5 Å². The molecule has 3 heterocycles. The molecule has 25 heavy (non-hydrogen) atoms. The standard InChI is InChI=1S/C22H43N3/c1-21(2,3)24-13-9-20(10-14-24)19-7-11-23(12-8-19)15-18-16-25(17-18)22(4,5)6/h18-20H,7-17H2,1-6H3. The van der Waals surface area contributed by atoms with Crippen LogP contribution in [0.15, 0.2) is 0 Å². The van der Waals surface area contributed by atoms with E-state index in [4.69, 9.17) is 0 Å². The van der Waals surface area contributed by atoms with Crippen molar-refractivity contribution in [3.05, 3.63) is 0 Å². The van der Waals surface area contributed by atoms with Crippen LogP contribution in [0.1, 0.15) is 67.2 Å². The lowest BCUT2D eigenvalue weighted by Crippen LogP contribution is -2.59. The fraction of sp³-hybridized carbons (Fsp3) is 1.00. The number of rotatable bonds is 3. The molecule has 146 valence electrons. The molecule has 3 heteroatoms. The van der Waals surface area contributed by atoms with Crippen LogP contribution < -0.4 is 0 Å². The van der Waals surface area contributed by atoms with Crippen molar-refractivity contribution >= 4 is 0 Å². The third kappa shape index (κ3) is 4.99. The van der Waals surface area contributed by atoms with Crippen molar-refractivity contribution < 1.29 is 0 Å². The molecule has 0 aromatic heterocycles. The molecule has 3 aliphatic heterocycles. The zero-order valence-electron chi connectivity index (χ0n) is 17.9. The number of hydrogen-bond donors (Lipinski definition) is 0. The predicted octanol–water partition coefficient (Wildman–Crippen LogP) is 3.94. The van der Waals surface area contributed by atoms with Crippen LogP contribution >= 0.6 is 0 Å². The third-order valence-electron chi connectivity index (χ3n) is 7.21. The van der Waals surface area contributed by atoms with Gasteiger partial charge in [0.25, 0.3) is 0 Å². The van der Waals surface area contributed by atoms with Crippen LogP contribution in [0.2, 0.25) is 0 Å². The van der Waals surface area contributed by atoms with E-state index in [1.54, 1.807) is 0 Å². The minimum atomic E-state index is 0.359. The Bertz CT molecular complexity index is 412. The van der Waals surface area contributed by atoms with Gasteiger partial charge in [0, 0.05) is 30.7 Å². The summed E-state index contributed by atoms with van der Waals surface area (Å²) in [5.74, 6) is 2.93. The Hall–Kier alpha value is -0.120. The summed E-state index contributed by atoms with van der Waals surface area (Å²) < 4.78 is 0. The maximum absolute atomic E-state index is 2.77. The van der Waals surface area contributed by atoms with Gasteiger partial charge in [0.2, 0.25) is 0 Å². The summed E-state index contributed by atoms with van der Waals surface area (Å²) in [5.41, 5.74) is 0.726. The molecule has 0 atom stereocenters. The van der Waals surface area contributed by atoms with E-state index in [0.717, 1.165) is 17.8 Å². The van der Waals surface area contributed by atoms with Gasteiger partial charge in [0.1, 0.15) is 0 Å². The van der Waals surface area contributed by atoms with Gasteiger partial charge in [-0.3, -0.25) is 9.80 Å². The highest BCUT2D eigenvalue weighted by molar-refractivity contribution is 4.91. The van der Waals surface area contributed by atoms with Crippen molar-refractivity contribution in [1.82, 2.24) is 14.7 Å². The van der Waals surface area contributed by atoms with Crippen LogP contribution in [0.25, 0.3) is 0 Å². The Kier molecular flexibility index (Phi) is 5.88. The summed E-state index contributed by atoms with van der Waals surface area (Å²) in [5, 5.41) is 0. The Morgan fingerprint density at radius 3 is 1.52 bits per heavy atom. The molecular formula is C22H43N3. The van der Waals surface area contributed by atoms with E-state index in [-0.39, 0.29) is 0 Å². The molecule has 0 unspecified atom stereocenters. The monoisotopic (exact) mass is 349 g/mol. The Balaban J connectivity index is 1.35. The summed E-state index contributed by atoms with van der Waals surface area (Å²) in [4.78, 5) is 8.09. The van der Waals surface area contributed by atoms with Crippen molar-refractivity contribution in [3.63, 3.8) is 0 Å². The lowest BCUT2D eigenvalue weighted by Gasteiger charge is -2.50. The van der Waals surface area contributed by atoms with Gasteiger partial charge in [-0.1, -0.05) is 0 Å². The molecule has 0 spiro atoms. The SMILES string of the molecule is CC(C)(C)N1CCC(C2CCN(CC3CN(C(C)(C)C)C3)CC2)CC1. The molecule has 0 N–H and O–H groups in total. The third-order valence-corrected chi connectivity index (χ3v) is 7.21. The molecular weight excluding hydrogens is 306 g/mol. The van der Waals surface area contributed by atoms with E-state index in [2.05, 4.69) is 56.2 Å². The molecule has 0 radical (unpaired) electrons. The van der Waals surface area contributed by atoms with Gasteiger partial charge in [0.05, 0.1) is 0 Å². The van der Waals surface area contributed by atoms with Crippen LogP contribution in [0.5, 0.6) is 0 Å². The van der Waals surface area contributed by atoms with Crippen LogP contribution in [-0.2, 0) is 0 Å². The number of hydrogen-bond acceptors (Lipinski definition) is 3. The zero-order chi connectivity index (χ0) is 18.2. The zero-order valence-corrected chi connectivity index (χ0v) is 17.9. The molecule has 0 saturated carbocycles. The smallest absolute Gasteiger partial charge is 0.0125 e. The molecule has 3 aliphatic rings. The second-order valence-electron chi connectivity index (χ2n) is 11.1. The second-order valence-corrected chi connectivity index (χ2v) is 11.1. The molecule has 0 aromatic carbocycles. The van der Waals surface area contributed by atoms with Crippen LogP contribution in [0.3, 0.4) is 0 Å². The summed E-state index contributed by atoms with van der Waals surface area (Å²) in [7, 11) is 0. The summed E-state index contributed by atoms with van der Waals surface area (Å²) in [6, 6.07) is 0. The first kappa shape index (κ1) is 19.6. The van der Waals surface area contributed by atoms with Crippen LogP contribution in [0.4, 0.5) is 0 Å². The van der Waals surface area contributed by atoms with Gasteiger partial charge >= 0.3 is 0 Å². The molecule has 3 rings (SSSR count). The van der Waals surface area contributed by atoms with Crippen molar-refractivity contribution in [1.29, 1.82) is 0 Å². The lowest BCUT2D eigenvalue weighted by atomic mass is 9.78. The Morgan fingerprint density at radius 1 is 0.640 bits per heavy atom. The first-order chi connectivity index (χ1) is 11.6. The first-order valence-electron chi connectivity index (χ1n) is 10.9. The highest BCUT2D eigenvalue weighted by Crippen LogP contribution is 2.35. The number of piperidine rings is 2. The van der Waals surface area contributed by atoms with Gasteiger partial charge < -0.3 is 4.90 Å². The molecule has 0 bridgehead atoms. The largest absolute Gasteiger partial charge is 0.303 e. The predicted molar refractivity (Wildman–Crippen MR) is 108 cm³/mol. The summed E-state index contributed by atoms with van der Waals surface area (Å²) in [6.45, 7) is 23.5. The lowest BCUT2D eigenvalue weighted by molar-refractivity contribution is -0.0102. The van der Waals surface area contributed by atoms with Crippen molar-refractivity contribution in [3.8, 4) is 0 Å². The number of nitrogens with zero attached hydrogens (tertiary/aromatic N) is 3. The van der Waals surface area contributed by atoms with Crippen molar-refractivity contribution in [2.75, 3.05) is 45.8 Å². The van der Waals surface area contributed by atoms with Crippen molar-refractivity contribution in [2.24, 2.45) is 17.8 Å². The normalized spacial score (nSPS) is 27.6. The quantitative estimate of drug-likeness (QED) is 0.764. The van der Waals surface area contributed by atoms with Crippen LogP contribution in [-0.4, -0.2) is 71.6 Å². The topological polar surface area (TPSA) is 9.72 Å². The molecule has 3 fully saturated rings. The second kappa shape index (κ2) is 7.48. The average Bonchev–Trinajstić information content (AvgIpc) is 2.49. The Labute approximate surface area is 157 Å². The maximum Gasteiger partial charge on any atom is 0.0125 e. The van der Waals surface area contributed by atoms with Gasteiger partial charge in [-0.2, -0.15) is 0 Å². The minimum absolute atomic E-state index is 0.359. The molecule has 0 aromatic rings. The van der Waals surface area contributed by atoms with Gasteiger partial charge in [0.15, 0.2) is 0 Å². The van der Waals surface area contributed by atoms with Gasteiger partial charge in [-0.05, 0) is 111 Å². The maximum atomic E-state index is 2.77. The van der Waals surface area contributed by atoms with E-state index in [1.807, 2.05) is 0 Å². The first-order valence-corrected chi connectivity index (χ1v) is 10.9. The molecule has 0 aliphatic carbocycles. The summed E-state index contributed by atoms with van der Waals surface area (Å²) in [6.07, 6.45) is 5.78. The van der Waals surface area contributed by atoms with Crippen molar-refractivity contribution in [2.45, 2.75) is 78.3 Å². The van der Waals surface area contributed by atoms with E-state index in [0.29, 0.717) is 11.1 Å². The average molecular weight is 350 g/mol. The highest BCUT2D eigenvalue weighted by Gasteiger charge is 2.37.